The number of phenols is 2. The Balaban J connectivity index is 3.17. The Morgan fingerprint density at radius 1 is 1.29 bits per heavy atom. The van der Waals surface area contributed by atoms with Gasteiger partial charge >= 0.3 is 5.97 Å². The van der Waals surface area contributed by atoms with Gasteiger partial charge in [0.1, 0.15) is 11.3 Å². The van der Waals surface area contributed by atoms with Crippen LogP contribution in [0.15, 0.2) is 12.1 Å². The molecule has 3 N–H and O–H groups in total. The van der Waals surface area contributed by atoms with E-state index in [-0.39, 0.29) is 5.75 Å². The molecule has 0 heterocycles. The third kappa shape index (κ3) is 1.86. The maximum absolute atomic E-state index is 10.5. The molecule has 0 aliphatic rings. The number of carboxylic acid groups (broad SMARTS) is 1. The number of aromatic hydroxyl groups is 2. The highest BCUT2D eigenvalue weighted by Gasteiger charge is 2.15. The zero-order valence-electron chi connectivity index (χ0n) is 7.22. The van der Waals surface area contributed by atoms with Crippen molar-refractivity contribution in [1.82, 2.24) is 0 Å². The van der Waals surface area contributed by atoms with Gasteiger partial charge in [-0.05, 0) is 0 Å². The van der Waals surface area contributed by atoms with E-state index in [1.807, 2.05) is 0 Å². The summed E-state index contributed by atoms with van der Waals surface area (Å²) in [5.74, 6) is -2.44. The lowest BCUT2D eigenvalue weighted by atomic mass is 10.2. The monoisotopic (exact) mass is 200 g/mol. The van der Waals surface area contributed by atoms with Gasteiger partial charge in [-0.2, -0.15) is 4.89 Å². The van der Waals surface area contributed by atoms with Gasteiger partial charge in [-0.1, -0.05) is 0 Å². The number of phenolic OH excluding ortho intramolecular Hbond substituents is 1. The van der Waals surface area contributed by atoms with Gasteiger partial charge in [0.15, 0.2) is 5.75 Å². The summed E-state index contributed by atoms with van der Waals surface area (Å²) in [5.41, 5.74) is -0.411. The van der Waals surface area contributed by atoms with E-state index in [9.17, 15) is 15.0 Å². The summed E-state index contributed by atoms with van der Waals surface area (Å²) < 4.78 is 0. The van der Waals surface area contributed by atoms with Crippen LogP contribution in [0.1, 0.15) is 10.4 Å². The number of benzene rings is 1. The highest BCUT2D eigenvalue weighted by atomic mass is 17.2. The molecule has 0 bridgehead atoms. The second-order valence-electron chi connectivity index (χ2n) is 2.39. The molecule has 0 saturated carbocycles. The fourth-order valence-corrected chi connectivity index (χ4v) is 0.885. The lowest BCUT2D eigenvalue weighted by Crippen LogP contribution is -1.98. The molecule has 1 aromatic carbocycles. The van der Waals surface area contributed by atoms with Gasteiger partial charge in [-0.15, -0.1) is 0 Å². The second-order valence-corrected chi connectivity index (χ2v) is 2.39. The predicted molar refractivity (Wildman–Crippen MR) is 44.4 cm³/mol. The van der Waals surface area contributed by atoms with E-state index in [0.29, 0.717) is 0 Å². The van der Waals surface area contributed by atoms with E-state index in [4.69, 9.17) is 5.11 Å². The predicted octanol–water partition coefficient (Wildman–Crippen LogP) is 0.736. The number of carbonyl (C=O) groups is 1. The van der Waals surface area contributed by atoms with E-state index in [1.165, 1.54) is 7.11 Å². The summed E-state index contributed by atoms with van der Waals surface area (Å²) in [5, 5.41) is 27.0. The van der Waals surface area contributed by atoms with Crippen molar-refractivity contribution in [3.8, 4) is 17.2 Å². The highest BCUT2D eigenvalue weighted by molar-refractivity contribution is 5.91. The van der Waals surface area contributed by atoms with Gasteiger partial charge in [0, 0.05) is 12.1 Å². The molecular weight excluding hydrogens is 192 g/mol. The van der Waals surface area contributed by atoms with Crippen LogP contribution in [0.3, 0.4) is 0 Å². The molecule has 0 radical (unpaired) electrons. The minimum absolute atomic E-state index is 0.157. The minimum atomic E-state index is -1.35. The van der Waals surface area contributed by atoms with Gasteiger partial charge in [-0.3, -0.25) is 0 Å². The standard InChI is InChI=1S/C8H8O6/c1-13-14-7-3-5(9)4(8(11)12)2-6(7)10/h2-3,9-10H,1H3,(H,11,12). The number of carboxylic acids is 1. The Morgan fingerprint density at radius 2 is 1.93 bits per heavy atom. The van der Waals surface area contributed by atoms with E-state index in [2.05, 4.69) is 9.78 Å². The molecule has 14 heavy (non-hydrogen) atoms. The van der Waals surface area contributed by atoms with Crippen molar-refractivity contribution in [2.45, 2.75) is 0 Å². The Hall–Kier alpha value is -1.95. The molecule has 0 amide bonds. The topological polar surface area (TPSA) is 96.2 Å². The van der Waals surface area contributed by atoms with Crippen molar-refractivity contribution < 1.29 is 29.9 Å². The zero-order chi connectivity index (χ0) is 10.7. The van der Waals surface area contributed by atoms with Crippen LogP contribution in [-0.2, 0) is 4.89 Å². The van der Waals surface area contributed by atoms with Crippen LogP contribution < -0.4 is 4.89 Å². The maximum Gasteiger partial charge on any atom is 0.339 e. The molecule has 0 spiro atoms. The molecule has 0 aliphatic carbocycles. The fourth-order valence-electron chi connectivity index (χ4n) is 0.885. The van der Waals surface area contributed by atoms with Crippen LogP contribution >= 0.6 is 0 Å². The molecule has 0 saturated heterocycles. The first-order valence-corrected chi connectivity index (χ1v) is 3.56. The Bertz CT molecular complexity index is 359. The van der Waals surface area contributed by atoms with Gasteiger partial charge in [0.05, 0.1) is 7.11 Å². The number of hydrogen-bond acceptors (Lipinski definition) is 5. The van der Waals surface area contributed by atoms with Crippen LogP contribution in [0, 0.1) is 0 Å². The summed E-state index contributed by atoms with van der Waals surface area (Å²) in [6.45, 7) is 0. The molecule has 0 fully saturated rings. The van der Waals surface area contributed by atoms with Crippen LogP contribution in [0.4, 0.5) is 0 Å². The molecular formula is C8H8O6. The quantitative estimate of drug-likeness (QED) is 0.378. The smallest absolute Gasteiger partial charge is 0.339 e. The lowest BCUT2D eigenvalue weighted by molar-refractivity contribution is -0.179. The fraction of sp³-hybridized carbons (Fsp3) is 0.125. The van der Waals surface area contributed by atoms with Crippen molar-refractivity contribution in [3.05, 3.63) is 17.7 Å². The van der Waals surface area contributed by atoms with Crippen LogP contribution in [-0.4, -0.2) is 28.4 Å². The first-order chi connectivity index (χ1) is 6.56. The summed E-state index contributed by atoms with van der Waals surface area (Å²) >= 11 is 0. The average Bonchev–Trinajstić information content (AvgIpc) is 2.10. The zero-order valence-corrected chi connectivity index (χ0v) is 7.22. The molecule has 0 unspecified atom stereocenters. The Morgan fingerprint density at radius 3 is 2.43 bits per heavy atom. The van der Waals surface area contributed by atoms with Gasteiger partial charge in [-0.25, -0.2) is 4.79 Å². The van der Waals surface area contributed by atoms with Crippen LogP contribution in [0.2, 0.25) is 0 Å². The minimum Gasteiger partial charge on any atom is -0.507 e. The first kappa shape index (κ1) is 10.1. The molecule has 0 atom stereocenters. The largest absolute Gasteiger partial charge is 0.507 e. The van der Waals surface area contributed by atoms with Crippen molar-refractivity contribution in [1.29, 1.82) is 0 Å². The maximum atomic E-state index is 10.5. The van der Waals surface area contributed by atoms with Crippen LogP contribution in [0.5, 0.6) is 17.2 Å². The summed E-state index contributed by atoms with van der Waals surface area (Å²) in [6.07, 6.45) is 0. The van der Waals surface area contributed by atoms with Crippen LogP contribution in [0.25, 0.3) is 0 Å². The Kier molecular flexibility index (Phi) is 2.78. The molecule has 6 nitrogen and oxygen atoms in total. The molecule has 6 heteroatoms. The van der Waals surface area contributed by atoms with Gasteiger partial charge < -0.3 is 20.2 Å². The van der Waals surface area contributed by atoms with Crippen molar-refractivity contribution >= 4 is 5.97 Å². The number of hydrogen-bond donors (Lipinski definition) is 3. The normalized spacial score (nSPS) is 9.79. The third-order valence-electron chi connectivity index (χ3n) is 1.48. The van der Waals surface area contributed by atoms with Crippen molar-refractivity contribution in [2.24, 2.45) is 0 Å². The SMILES string of the molecule is COOc1cc(O)c(C(=O)O)cc1O. The average molecular weight is 200 g/mol. The summed E-state index contributed by atoms with van der Waals surface area (Å²) in [7, 11) is 1.21. The van der Waals surface area contributed by atoms with Gasteiger partial charge in [0.25, 0.3) is 0 Å². The number of rotatable bonds is 3. The number of aromatic carboxylic acids is 1. The van der Waals surface area contributed by atoms with Crippen molar-refractivity contribution in [2.75, 3.05) is 7.11 Å². The van der Waals surface area contributed by atoms with E-state index < -0.39 is 23.0 Å². The summed E-state index contributed by atoms with van der Waals surface area (Å²) in [4.78, 5) is 19.2. The third-order valence-corrected chi connectivity index (χ3v) is 1.48. The van der Waals surface area contributed by atoms with E-state index >= 15 is 0 Å². The summed E-state index contributed by atoms with van der Waals surface area (Å²) in [6, 6.07) is 1.81. The molecule has 1 rings (SSSR count). The first-order valence-electron chi connectivity index (χ1n) is 3.56. The van der Waals surface area contributed by atoms with E-state index in [0.717, 1.165) is 12.1 Å². The van der Waals surface area contributed by atoms with Crippen molar-refractivity contribution in [3.63, 3.8) is 0 Å². The molecule has 0 aliphatic heterocycles. The highest BCUT2D eigenvalue weighted by Crippen LogP contribution is 2.33. The Labute approximate surface area is 78.9 Å². The van der Waals surface area contributed by atoms with Gasteiger partial charge in [0.2, 0.25) is 5.75 Å². The second kappa shape index (κ2) is 3.84. The molecule has 0 aromatic heterocycles. The molecule has 76 valence electrons. The van der Waals surface area contributed by atoms with E-state index in [1.54, 1.807) is 0 Å². The molecule has 1 aromatic rings. The lowest BCUT2D eigenvalue weighted by Gasteiger charge is -2.05.